The van der Waals surface area contributed by atoms with Gasteiger partial charge in [-0.1, -0.05) is 136 Å². The summed E-state index contributed by atoms with van der Waals surface area (Å²) in [6, 6.07) is 0. The summed E-state index contributed by atoms with van der Waals surface area (Å²) in [7, 11) is 1.39. The molecule has 3 saturated carbocycles. The van der Waals surface area contributed by atoms with Crippen LogP contribution in [-0.4, -0.2) is 81.2 Å². The van der Waals surface area contributed by atoms with E-state index in [-0.39, 0.29) is 31.2 Å². The number of allylic oxidation sites excluding steroid dienone is 3. The predicted molar refractivity (Wildman–Crippen MR) is 263 cm³/mol. The molecule has 0 spiro atoms. The van der Waals surface area contributed by atoms with Crippen molar-refractivity contribution in [3.63, 3.8) is 0 Å². The minimum atomic E-state index is -4.46. The highest BCUT2D eigenvalue weighted by molar-refractivity contribution is 7.47. The first-order chi connectivity index (χ1) is 30.9. The molecular formula is C54H97NO9P+. The Morgan fingerprint density at radius 2 is 1.51 bits per heavy atom. The van der Waals surface area contributed by atoms with E-state index in [2.05, 4.69) is 59.8 Å². The van der Waals surface area contributed by atoms with Crippen LogP contribution in [0.5, 0.6) is 0 Å². The van der Waals surface area contributed by atoms with E-state index < -0.39 is 32.7 Å². The molecule has 3 fully saturated rings. The molecule has 0 bridgehead atoms. The lowest BCUT2D eigenvalue weighted by Crippen LogP contribution is -2.51. The van der Waals surface area contributed by atoms with Crippen LogP contribution in [-0.2, 0) is 32.6 Å². The first-order valence-electron chi connectivity index (χ1n) is 26.7. The minimum absolute atomic E-state index is 0.00605. The number of rotatable bonds is 31. The fraction of sp³-hybridized carbons (Fsp3) is 0.889. The zero-order chi connectivity index (χ0) is 47.5. The zero-order valence-electron chi connectivity index (χ0n) is 43.0. The lowest BCUT2D eigenvalue weighted by molar-refractivity contribution is -0.870. The van der Waals surface area contributed by atoms with Crippen molar-refractivity contribution in [2.45, 2.75) is 214 Å². The molecule has 1 N–H and O–H groups in total. The number of unbranched alkanes of at least 4 members (excludes halogenated alkanes) is 11. The third-order valence-corrected chi connectivity index (χ3v) is 17.3. The van der Waals surface area contributed by atoms with E-state index in [9.17, 15) is 19.0 Å². The van der Waals surface area contributed by atoms with Crippen LogP contribution in [0.3, 0.4) is 0 Å². The smallest absolute Gasteiger partial charge is 0.462 e. The maximum atomic E-state index is 13.4. The van der Waals surface area contributed by atoms with Crippen molar-refractivity contribution in [3.8, 4) is 0 Å². The Kier molecular flexibility index (Phi) is 23.6. The highest BCUT2D eigenvalue weighted by Gasteiger charge is 2.59. The molecule has 0 amide bonds. The molecule has 0 aromatic heterocycles. The number of nitrogens with zero attached hydrogens (tertiary/aromatic N) is 1. The quantitative estimate of drug-likeness (QED) is 0.0238. The second kappa shape index (κ2) is 27.5. The molecule has 0 heterocycles. The van der Waals surface area contributed by atoms with Gasteiger partial charge in [0, 0.05) is 12.8 Å². The van der Waals surface area contributed by atoms with E-state index in [1.54, 1.807) is 0 Å². The monoisotopic (exact) mass is 935 g/mol. The Bertz CT molecular complexity index is 1530. The highest BCUT2D eigenvalue weighted by atomic mass is 31.2. The highest BCUT2D eigenvalue weighted by Crippen LogP contribution is 2.67. The summed E-state index contributed by atoms with van der Waals surface area (Å²) in [6.45, 7) is 14.3. The van der Waals surface area contributed by atoms with Gasteiger partial charge in [-0.25, -0.2) is 9.36 Å². The van der Waals surface area contributed by atoms with Crippen LogP contribution in [0.2, 0.25) is 0 Å². The molecule has 10 nitrogen and oxygen atoms in total. The molecule has 10 atom stereocenters. The number of quaternary nitrogens is 1. The number of fused-ring (bicyclic) bond motifs is 5. The molecule has 0 aromatic carbocycles. The summed E-state index contributed by atoms with van der Waals surface area (Å²) in [5.41, 5.74) is 1.96. The van der Waals surface area contributed by atoms with E-state index in [1.807, 2.05) is 21.1 Å². The maximum absolute atomic E-state index is 13.4. The summed E-state index contributed by atoms with van der Waals surface area (Å²) >= 11 is 0. The van der Waals surface area contributed by atoms with Crippen molar-refractivity contribution in [1.82, 2.24) is 0 Å². The van der Waals surface area contributed by atoms with E-state index in [0.29, 0.717) is 35.2 Å². The first-order valence-corrected chi connectivity index (χ1v) is 28.2. The molecule has 4 aliphatic rings. The SMILES string of the molecule is CCCCCCCC/C=C/CCCCCCCC(=O)OC[C@@H](COP(=O)(O)OCC[N+](C)(C)C)OC(=O)O[C@H]1CC[C@@]2(C)C(=CC[C@H]3[C@@H]4CC[C@H]([C@H](C)CCCC(C)C)[C@@]4(C)CC[C@@H]32)C1. The molecule has 65 heavy (non-hydrogen) atoms. The number of ether oxygens (including phenoxy) is 3. The number of phosphoric acid groups is 1. The molecule has 1 unspecified atom stereocenters. The third-order valence-electron chi connectivity index (χ3n) is 16.3. The van der Waals surface area contributed by atoms with Crippen LogP contribution in [0, 0.1) is 46.3 Å². The molecule has 0 saturated heterocycles. The zero-order valence-corrected chi connectivity index (χ0v) is 43.9. The summed E-state index contributed by atoms with van der Waals surface area (Å²) in [4.78, 5) is 36.6. The Morgan fingerprint density at radius 3 is 2.18 bits per heavy atom. The summed E-state index contributed by atoms with van der Waals surface area (Å²) < 4.78 is 41.0. The fourth-order valence-electron chi connectivity index (χ4n) is 12.4. The Labute approximate surface area is 397 Å². The lowest BCUT2D eigenvalue weighted by atomic mass is 9.47. The number of likely N-dealkylation sites (N-methyl/N-ethyl adjacent to an activating group) is 1. The summed E-state index contributed by atoms with van der Waals surface area (Å²) in [6.07, 6.45) is 33.1. The van der Waals surface area contributed by atoms with E-state index in [4.69, 9.17) is 23.3 Å². The van der Waals surface area contributed by atoms with Crippen molar-refractivity contribution in [1.29, 1.82) is 0 Å². The van der Waals surface area contributed by atoms with E-state index >= 15 is 0 Å². The van der Waals surface area contributed by atoms with Crippen LogP contribution in [0.4, 0.5) is 4.79 Å². The second-order valence-electron chi connectivity index (χ2n) is 22.9. The molecule has 0 aliphatic heterocycles. The van der Waals surface area contributed by atoms with Crippen molar-refractivity contribution < 1.29 is 46.8 Å². The number of hydrogen-bond donors (Lipinski definition) is 1. The van der Waals surface area contributed by atoms with Gasteiger partial charge < -0.3 is 23.6 Å². The molecule has 0 radical (unpaired) electrons. The minimum Gasteiger partial charge on any atom is -0.462 e. The van der Waals surface area contributed by atoms with Crippen LogP contribution < -0.4 is 0 Å². The molecular weight excluding hydrogens is 838 g/mol. The Morgan fingerprint density at radius 1 is 0.831 bits per heavy atom. The van der Waals surface area contributed by atoms with Gasteiger partial charge in [0.25, 0.3) is 0 Å². The van der Waals surface area contributed by atoms with E-state index in [0.717, 1.165) is 81.0 Å². The average molecular weight is 935 g/mol. The number of carbonyl (C=O) groups excluding carboxylic acids is 2. The molecule has 376 valence electrons. The van der Waals surface area contributed by atoms with Gasteiger partial charge in [0.2, 0.25) is 0 Å². The van der Waals surface area contributed by atoms with Crippen molar-refractivity contribution >= 4 is 19.9 Å². The lowest BCUT2D eigenvalue weighted by Gasteiger charge is -2.58. The number of hydrogen-bond acceptors (Lipinski definition) is 8. The van der Waals surface area contributed by atoms with Gasteiger partial charge in [-0.15, -0.1) is 0 Å². The first kappa shape index (κ1) is 55.9. The standard InChI is InChI=1S/C54H96NO9P/c1-10-11-12-13-14-15-16-17-18-19-20-21-22-23-24-28-51(56)60-40-46(41-62-65(58,59)61-38-37-55(7,8)9)64-52(57)63-45-33-35-53(5)44(39-45)29-30-47-49-32-31-48(43(4)27-25-26-42(2)3)54(49,6)36-34-50(47)53/h17-18,29,42-43,45-50H,10-16,19-28,30-41H2,1-9H3/p+1/b18-17+/t43-,45+,46+,47+,48-,49+,50+,53+,54-/m1/s1. The summed E-state index contributed by atoms with van der Waals surface area (Å²) in [5.74, 6) is 4.15. The van der Waals surface area contributed by atoms with Gasteiger partial charge in [0.05, 0.1) is 27.7 Å². The van der Waals surface area contributed by atoms with Crippen molar-refractivity contribution in [3.05, 3.63) is 23.8 Å². The van der Waals surface area contributed by atoms with Gasteiger partial charge in [-0.3, -0.25) is 13.8 Å². The van der Waals surface area contributed by atoms with Crippen LogP contribution >= 0.6 is 7.82 Å². The number of carbonyl (C=O) groups is 2. The normalized spacial score (nSPS) is 28.5. The average Bonchev–Trinajstić information content (AvgIpc) is 3.60. The third kappa shape index (κ3) is 18.6. The van der Waals surface area contributed by atoms with Crippen LogP contribution in [0.25, 0.3) is 0 Å². The number of phosphoric ester groups is 1. The van der Waals surface area contributed by atoms with Crippen LogP contribution in [0.1, 0.15) is 202 Å². The maximum Gasteiger partial charge on any atom is 0.509 e. The molecule has 4 rings (SSSR count). The largest absolute Gasteiger partial charge is 0.509 e. The predicted octanol–water partition coefficient (Wildman–Crippen LogP) is 14.3. The second-order valence-corrected chi connectivity index (χ2v) is 24.3. The van der Waals surface area contributed by atoms with E-state index in [1.165, 1.54) is 95.5 Å². The number of esters is 1. The van der Waals surface area contributed by atoms with Gasteiger partial charge in [-0.2, -0.15) is 0 Å². The molecule has 4 aliphatic carbocycles. The van der Waals surface area contributed by atoms with Crippen molar-refractivity contribution in [2.24, 2.45) is 46.3 Å². The fourth-order valence-corrected chi connectivity index (χ4v) is 13.2. The summed E-state index contributed by atoms with van der Waals surface area (Å²) in [5, 5.41) is 0. The van der Waals surface area contributed by atoms with Crippen LogP contribution in [0.15, 0.2) is 23.8 Å². The topological polar surface area (TPSA) is 118 Å². The Balaban J connectivity index is 1.23. The Hall–Kier alpha value is -1.71. The van der Waals surface area contributed by atoms with Gasteiger partial charge >= 0.3 is 19.9 Å². The molecule has 0 aromatic rings. The van der Waals surface area contributed by atoms with Crippen molar-refractivity contribution in [2.75, 3.05) is 47.5 Å². The van der Waals surface area contributed by atoms with Gasteiger partial charge in [-0.05, 0) is 123 Å². The molecule has 11 heteroatoms. The van der Waals surface area contributed by atoms with Gasteiger partial charge in [0.1, 0.15) is 25.9 Å². The van der Waals surface area contributed by atoms with Gasteiger partial charge in [0.15, 0.2) is 6.10 Å².